The molecule has 1 saturated carbocycles. The molecule has 1 aliphatic rings. The summed E-state index contributed by atoms with van der Waals surface area (Å²) in [4.78, 5) is 10.4. The molecule has 1 rings (SSSR count). The van der Waals surface area contributed by atoms with Crippen LogP contribution in [0.25, 0.3) is 0 Å². The zero-order chi connectivity index (χ0) is 7.07. The number of carbonyl (C=O) groups is 1. The van der Waals surface area contributed by atoms with Gasteiger partial charge in [0.25, 0.3) is 0 Å². The SMILES string of the molecule is C[C@@]1(C(=O)O)C[C@@H]1C[NH3+].[Cl-]. The molecule has 4 N–H and O–H groups in total. The van der Waals surface area contributed by atoms with E-state index < -0.39 is 11.4 Å². The molecule has 0 heterocycles. The van der Waals surface area contributed by atoms with Crippen LogP contribution in [-0.2, 0) is 4.79 Å². The van der Waals surface area contributed by atoms with E-state index in [1.165, 1.54) is 0 Å². The topological polar surface area (TPSA) is 64.9 Å². The Hall–Kier alpha value is -0.280. The summed E-state index contributed by atoms with van der Waals surface area (Å²) >= 11 is 0. The smallest absolute Gasteiger partial charge is 0.309 e. The van der Waals surface area contributed by atoms with Gasteiger partial charge in [-0.05, 0) is 13.3 Å². The molecule has 10 heavy (non-hydrogen) atoms. The third-order valence-corrected chi connectivity index (χ3v) is 2.25. The van der Waals surface area contributed by atoms with Crippen LogP contribution in [0.5, 0.6) is 0 Å². The van der Waals surface area contributed by atoms with Crippen LogP contribution < -0.4 is 18.1 Å². The van der Waals surface area contributed by atoms with E-state index in [2.05, 4.69) is 5.73 Å². The Morgan fingerprint density at radius 1 is 1.90 bits per heavy atom. The Kier molecular flexibility index (Phi) is 2.68. The highest BCUT2D eigenvalue weighted by molar-refractivity contribution is 5.78. The van der Waals surface area contributed by atoms with Crippen LogP contribution in [0.4, 0.5) is 0 Å². The quantitative estimate of drug-likeness (QED) is 0.443. The molecule has 1 fully saturated rings. The first-order chi connectivity index (χ1) is 4.11. The molecule has 60 valence electrons. The molecule has 0 bridgehead atoms. The number of halogens is 1. The lowest BCUT2D eigenvalue weighted by Crippen LogP contribution is -3.00. The molecule has 0 aromatic rings. The lowest BCUT2D eigenvalue weighted by molar-refractivity contribution is -0.373. The Balaban J connectivity index is 0.000000810. The largest absolute Gasteiger partial charge is 1.00 e. The molecule has 0 saturated heterocycles. The predicted molar refractivity (Wildman–Crippen MR) is 31.6 cm³/mol. The average Bonchev–Trinajstić information content (AvgIpc) is 2.44. The van der Waals surface area contributed by atoms with Crippen LogP contribution in [0.2, 0.25) is 0 Å². The number of aliphatic carboxylic acids is 1. The highest BCUT2D eigenvalue weighted by Crippen LogP contribution is 2.51. The van der Waals surface area contributed by atoms with Crippen molar-refractivity contribution in [3.8, 4) is 0 Å². The van der Waals surface area contributed by atoms with Gasteiger partial charge in [0.2, 0.25) is 0 Å². The van der Waals surface area contributed by atoms with Crippen LogP contribution >= 0.6 is 0 Å². The molecule has 0 spiro atoms. The third-order valence-electron chi connectivity index (χ3n) is 2.25. The fraction of sp³-hybridized carbons (Fsp3) is 0.833. The minimum atomic E-state index is -0.670. The summed E-state index contributed by atoms with van der Waals surface area (Å²) in [6, 6.07) is 0. The molecule has 4 heteroatoms. The maximum absolute atomic E-state index is 10.4. The lowest BCUT2D eigenvalue weighted by atomic mass is 10.1. The molecule has 0 unspecified atom stereocenters. The van der Waals surface area contributed by atoms with E-state index in [0.29, 0.717) is 5.92 Å². The van der Waals surface area contributed by atoms with Crippen LogP contribution in [0.3, 0.4) is 0 Å². The molecule has 2 atom stereocenters. The fourth-order valence-corrected chi connectivity index (χ4v) is 1.14. The second-order valence-electron chi connectivity index (χ2n) is 2.91. The van der Waals surface area contributed by atoms with Crippen molar-refractivity contribution in [2.24, 2.45) is 11.3 Å². The van der Waals surface area contributed by atoms with Crippen LogP contribution in [0.15, 0.2) is 0 Å². The van der Waals surface area contributed by atoms with E-state index in [1.54, 1.807) is 6.92 Å². The molecule has 0 aromatic heterocycles. The maximum atomic E-state index is 10.4. The van der Waals surface area contributed by atoms with Gasteiger partial charge in [-0.1, -0.05) is 0 Å². The maximum Gasteiger partial charge on any atom is 0.309 e. The van der Waals surface area contributed by atoms with Crippen LogP contribution in [-0.4, -0.2) is 17.6 Å². The van der Waals surface area contributed by atoms with Gasteiger partial charge in [-0.3, -0.25) is 4.79 Å². The Labute approximate surface area is 66.0 Å². The summed E-state index contributed by atoms with van der Waals surface area (Å²) < 4.78 is 0. The molecule has 3 nitrogen and oxygen atoms in total. The lowest BCUT2D eigenvalue weighted by Gasteiger charge is -1.99. The molecule has 0 aliphatic heterocycles. The fourth-order valence-electron chi connectivity index (χ4n) is 1.14. The number of hydrogen-bond donors (Lipinski definition) is 2. The van der Waals surface area contributed by atoms with Crippen LogP contribution in [0.1, 0.15) is 13.3 Å². The van der Waals surface area contributed by atoms with E-state index >= 15 is 0 Å². The number of carboxylic acids is 1. The number of quaternary nitrogens is 1. The second-order valence-corrected chi connectivity index (χ2v) is 2.91. The van der Waals surface area contributed by atoms with Gasteiger partial charge in [0.15, 0.2) is 0 Å². The summed E-state index contributed by atoms with van der Waals surface area (Å²) in [6.45, 7) is 2.54. The Morgan fingerprint density at radius 2 is 2.40 bits per heavy atom. The first-order valence-electron chi connectivity index (χ1n) is 3.14. The minimum Gasteiger partial charge on any atom is -1.00 e. The minimum absolute atomic E-state index is 0. The summed E-state index contributed by atoms with van der Waals surface area (Å²) in [5, 5.41) is 8.59. The molecule has 0 amide bonds. The van der Waals surface area contributed by atoms with E-state index in [0.717, 1.165) is 13.0 Å². The van der Waals surface area contributed by atoms with Crippen molar-refractivity contribution in [1.82, 2.24) is 0 Å². The molecular weight excluding hydrogens is 154 g/mol. The first-order valence-corrected chi connectivity index (χ1v) is 3.14. The third kappa shape index (κ3) is 1.25. The number of rotatable bonds is 2. The van der Waals surface area contributed by atoms with Crippen LogP contribution in [0, 0.1) is 11.3 Å². The van der Waals surface area contributed by atoms with E-state index in [-0.39, 0.29) is 12.4 Å². The monoisotopic (exact) mass is 165 g/mol. The van der Waals surface area contributed by atoms with E-state index in [1.807, 2.05) is 0 Å². The standard InChI is InChI=1S/C6H11NO2.ClH/c1-6(5(8)9)2-4(6)3-7;/h4H,2-3,7H2,1H3,(H,8,9);1H/t4-,6-;/m1./s1. The van der Waals surface area contributed by atoms with Crippen molar-refractivity contribution < 1.29 is 28.0 Å². The van der Waals surface area contributed by atoms with E-state index in [9.17, 15) is 4.79 Å². The Bertz CT molecular complexity index is 151. The molecule has 0 aromatic carbocycles. The van der Waals surface area contributed by atoms with Gasteiger partial charge in [0.1, 0.15) is 0 Å². The number of hydrogen-bond acceptors (Lipinski definition) is 1. The van der Waals surface area contributed by atoms with Crippen molar-refractivity contribution in [1.29, 1.82) is 0 Å². The summed E-state index contributed by atoms with van der Waals surface area (Å²) in [5.74, 6) is -0.342. The summed E-state index contributed by atoms with van der Waals surface area (Å²) in [5.41, 5.74) is 3.23. The van der Waals surface area contributed by atoms with Gasteiger partial charge in [-0.25, -0.2) is 0 Å². The van der Waals surface area contributed by atoms with Crippen molar-refractivity contribution in [3.05, 3.63) is 0 Å². The van der Waals surface area contributed by atoms with Crippen molar-refractivity contribution in [3.63, 3.8) is 0 Å². The highest BCUT2D eigenvalue weighted by Gasteiger charge is 2.56. The predicted octanol–water partition coefficient (Wildman–Crippen LogP) is -3.66. The zero-order valence-electron chi connectivity index (χ0n) is 5.93. The molecular formula is C6H12ClNO2. The average molecular weight is 166 g/mol. The van der Waals surface area contributed by atoms with Gasteiger partial charge in [-0.15, -0.1) is 0 Å². The normalized spacial score (nSPS) is 36.4. The van der Waals surface area contributed by atoms with E-state index in [4.69, 9.17) is 5.11 Å². The van der Waals surface area contributed by atoms with Gasteiger partial charge < -0.3 is 23.2 Å². The van der Waals surface area contributed by atoms with Gasteiger partial charge >= 0.3 is 5.97 Å². The van der Waals surface area contributed by atoms with Crippen molar-refractivity contribution >= 4 is 5.97 Å². The van der Waals surface area contributed by atoms with Gasteiger partial charge in [0.05, 0.1) is 12.0 Å². The second kappa shape index (κ2) is 2.76. The number of carboxylic acid groups (broad SMARTS) is 1. The van der Waals surface area contributed by atoms with Crippen molar-refractivity contribution in [2.75, 3.05) is 6.54 Å². The summed E-state index contributed by atoms with van der Waals surface area (Å²) in [6.07, 6.45) is 0.811. The van der Waals surface area contributed by atoms with Crippen molar-refractivity contribution in [2.45, 2.75) is 13.3 Å². The highest BCUT2D eigenvalue weighted by atomic mass is 35.5. The Morgan fingerprint density at radius 3 is 2.50 bits per heavy atom. The van der Waals surface area contributed by atoms with Gasteiger partial charge in [-0.2, -0.15) is 0 Å². The van der Waals surface area contributed by atoms with Gasteiger partial charge in [0, 0.05) is 5.92 Å². The summed E-state index contributed by atoms with van der Waals surface area (Å²) in [7, 11) is 0. The molecule has 0 radical (unpaired) electrons. The first kappa shape index (κ1) is 9.72. The zero-order valence-corrected chi connectivity index (χ0v) is 6.69. The molecule has 1 aliphatic carbocycles.